The van der Waals surface area contributed by atoms with E-state index in [1.165, 1.54) is 14.0 Å². The molecule has 0 unspecified atom stereocenters. The molecule has 1 aromatic heterocycles. The van der Waals surface area contributed by atoms with Gasteiger partial charge in [0, 0.05) is 16.7 Å². The maximum absolute atomic E-state index is 12.4. The summed E-state index contributed by atoms with van der Waals surface area (Å²) in [4.78, 5) is 32.5. The highest BCUT2D eigenvalue weighted by Crippen LogP contribution is 2.21. The molecule has 0 atom stereocenters. The van der Waals surface area contributed by atoms with Crippen LogP contribution in [0.4, 0.5) is 5.69 Å². The second-order valence-corrected chi connectivity index (χ2v) is 5.97. The summed E-state index contributed by atoms with van der Waals surface area (Å²) in [6.45, 7) is 1.48. The van der Waals surface area contributed by atoms with E-state index in [9.17, 15) is 9.59 Å². The van der Waals surface area contributed by atoms with Gasteiger partial charge in [-0.15, -0.1) is 0 Å². The topological polar surface area (TPSA) is 81.2 Å². The molecule has 6 heteroatoms. The third-order valence-corrected chi connectivity index (χ3v) is 4.01. The monoisotopic (exact) mass is 361 g/mol. The maximum atomic E-state index is 12.4. The van der Waals surface area contributed by atoms with E-state index in [0.717, 1.165) is 5.56 Å². The summed E-state index contributed by atoms with van der Waals surface area (Å²) in [5.41, 5.74) is 2.58. The first-order chi connectivity index (χ1) is 13.1. The van der Waals surface area contributed by atoms with Crippen molar-refractivity contribution in [3.05, 3.63) is 72.1 Å². The van der Waals surface area contributed by atoms with Gasteiger partial charge in [0.05, 0.1) is 31.6 Å². The Hall–Kier alpha value is -3.54. The Morgan fingerprint density at radius 1 is 1.04 bits per heavy atom. The Labute approximate surface area is 157 Å². The molecule has 0 aliphatic heterocycles. The molecule has 0 spiro atoms. The summed E-state index contributed by atoms with van der Waals surface area (Å²) in [6.07, 6.45) is 3.21. The van der Waals surface area contributed by atoms with Crippen LogP contribution in [-0.2, 0) is 11.2 Å². The van der Waals surface area contributed by atoms with Crippen LogP contribution in [0.3, 0.4) is 0 Å². The molecular weight excluding hydrogens is 342 g/mol. The largest absolute Gasteiger partial charge is 0.496 e. The normalized spacial score (nSPS) is 10.3. The summed E-state index contributed by atoms with van der Waals surface area (Å²) >= 11 is 0. The fourth-order valence-corrected chi connectivity index (χ4v) is 2.64. The number of nitrogens with one attached hydrogen (secondary N) is 1. The average molecular weight is 361 g/mol. The molecule has 0 aliphatic carbocycles. The van der Waals surface area contributed by atoms with E-state index < -0.39 is 0 Å². The first kappa shape index (κ1) is 18.3. The molecule has 136 valence electrons. The molecule has 2 aromatic carbocycles. The van der Waals surface area contributed by atoms with Crippen molar-refractivity contribution in [2.24, 2.45) is 0 Å². The number of methoxy groups -OCH3 is 1. The number of Topliss-reactive ketones (excluding diaryl/α,β-unsaturated/α-hetero) is 1. The van der Waals surface area contributed by atoms with Gasteiger partial charge in [-0.05, 0) is 25.1 Å². The van der Waals surface area contributed by atoms with Crippen molar-refractivity contribution in [2.75, 3.05) is 12.4 Å². The lowest BCUT2D eigenvalue weighted by molar-refractivity contribution is -0.115. The van der Waals surface area contributed by atoms with Crippen molar-refractivity contribution < 1.29 is 14.3 Å². The Morgan fingerprint density at radius 3 is 2.37 bits per heavy atom. The number of carbonyl (C=O) groups excluding carboxylic acids is 2. The van der Waals surface area contributed by atoms with Crippen LogP contribution in [0, 0.1) is 0 Å². The van der Waals surface area contributed by atoms with Crippen molar-refractivity contribution in [1.82, 2.24) is 9.97 Å². The number of ether oxygens (including phenoxy) is 1. The van der Waals surface area contributed by atoms with Gasteiger partial charge in [-0.25, -0.2) is 9.97 Å². The predicted octanol–water partition coefficient (Wildman–Crippen LogP) is 3.54. The number of hydrogen-bond acceptors (Lipinski definition) is 5. The molecule has 0 saturated heterocycles. The first-order valence-corrected chi connectivity index (χ1v) is 8.42. The number of nitrogens with zero attached hydrogens (tertiary/aromatic N) is 2. The van der Waals surface area contributed by atoms with Crippen LogP contribution in [0.5, 0.6) is 5.75 Å². The van der Waals surface area contributed by atoms with Crippen LogP contribution < -0.4 is 10.1 Å². The molecular formula is C21H19N3O3. The van der Waals surface area contributed by atoms with E-state index in [4.69, 9.17) is 4.74 Å². The van der Waals surface area contributed by atoms with Gasteiger partial charge < -0.3 is 10.1 Å². The van der Waals surface area contributed by atoms with Gasteiger partial charge in [-0.2, -0.15) is 0 Å². The average Bonchev–Trinajstić information content (AvgIpc) is 2.69. The summed E-state index contributed by atoms with van der Waals surface area (Å²) in [5.74, 6) is 0.838. The summed E-state index contributed by atoms with van der Waals surface area (Å²) in [6, 6.07) is 14.6. The molecule has 0 saturated carbocycles. The minimum Gasteiger partial charge on any atom is -0.496 e. The highest BCUT2D eigenvalue weighted by molar-refractivity contribution is 5.96. The minimum atomic E-state index is -0.245. The van der Waals surface area contributed by atoms with Crippen LogP contribution >= 0.6 is 0 Å². The molecule has 1 heterocycles. The van der Waals surface area contributed by atoms with E-state index in [1.54, 1.807) is 30.6 Å². The van der Waals surface area contributed by atoms with Gasteiger partial charge in [-0.3, -0.25) is 9.59 Å². The van der Waals surface area contributed by atoms with Crippen molar-refractivity contribution in [3.8, 4) is 17.1 Å². The van der Waals surface area contributed by atoms with E-state index >= 15 is 0 Å². The molecule has 0 fully saturated rings. The Morgan fingerprint density at radius 2 is 1.74 bits per heavy atom. The second-order valence-electron chi connectivity index (χ2n) is 5.97. The summed E-state index contributed by atoms with van der Waals surface area (Å²) < 4.78 is 5.28. The van der Waals surface area contributed by atoms with Crippen molar-refractivity contribution in [1.29, 1.82) is 0 Å². The number of hydrogen-bond donors (Lipinski definition) is 1. The van der Waals surface area contributed by atoms with Gasteiger partial charge in [0.15, 0.2) is 11.6 Å². The third kappa shape index (κ3) is 4.55. The zero-order valence-electron chi connectivity index (χ0n) is 15.1. The molecule has 0 bridgehead atoms. The Kier molecular flexibility index (Phi) is 5.56. The fraction of sp³-hybridized carbons (Fsp3) is 0.143. The van der Waals surface area contributed by atoms with E-state index in [2.05, 4.69) is 15.3 Å². The van der Waals surface area contributed by atoms with Crippen LogP contribution in [0.15, 0.2) is 60.9 Å². The predicted molar refractivity (Wildman–Crippen MR) is 103 cm³/mol. The number of rotatable bonds is 6. The molecule has 27 heavy (non-hydrogen) atoms. The van der Waals surface area contributed by atoms with Crippen LogP contribution in [0.25, 0.3) is 11.4 Å². The van der Waals surface area contributed by atoms with Gasteiger partial charge in [0.1, 0.15) is 5.75 Å². The highest BCUT2D eigenvalue weighted by Gasteiger charge is 2.12. The Bertz CT molecular complexity index is 954. The van der Waals surface area contributed by atoms with E-state index in [0.29, 0.717) is 28.4 Å². The minimum absolute atomic E-state index is 0.0655. The van der Waals surface area contributed by atoms with Crippen LogP contribution in [-0.4, -0.2) is 28.8 Å². The molecule has 3 aromatic rings. The van der Waals surface area contributed by atoms with Gasteiger partial charge >= 0.3 is 0 Å². The molecule has 0 aliphatic rings. The van der Waals surface area contributed by atoms with Crippen molar-refractivity contribution in [3.63, 3.8) is 0 Å². The maximum Gasteiger partial charge on any atom is 0.229 e. The number of anilines is 1. The number of carbonyl (C=O) groups is 2. The zero-order chi connectivity index (χ0) is 19.2. The number of aromatic nitrogens is 2. The number of amides is 1. The molecule has 0 radical (unpaired) electrons. The lowest BCUT2D eigenvalue weighted by Gasteiger charge is -2.10. The standard InChI is InChI=1S/C21H19N3O3/c1-14(25)16-8-9-19(27-2)17(10-16)11-20(26)24-18-12-22-21(23-13-18)15-6-4-3-5-7-15/h3-10,12-13H,11H2,1-2H3,(H,24,26). The second kappa shape index (κ2) is 8.23. The van der Waals surface area contributed by atoms with Gasteiger partial charge in [0.2, 0.25) is 5.91 Å². The van der Waals surface area contributed by atoms with E-state index in [1.807, 2.05) is 30.3 Å². The highest BCUT2D eigenvalue weighted by atomic mass is 16.5. The molecule has 3 rings (SSSR count). The molecule has 6 nitrogen and oxygen atoms in total. The third-order valence-electron chi connectivity index (χ3n) is 4.01. The SMILES string of the molecule is COc1ccc(C(C)=O)cc1CC(=O)Nc1cnc(-c2ccccc2)nc1. The molecule has 1 N–H and O–H groups in total. The quantitative estimate of drug-likeness (QED) is 0.679. The van der Waals surface area contributed by atoms with Crippen LogP contribution in [0.1, 0.15) is 22.8 Å². The summed E-state index contributed by atoms with van der Waals surface area (Å²) in [5, 5.41) is 2.76. The van der Waals surface area contributed by atoms with Crippen molar-refractivity contribution in [2.45, 2.75) is 13.3 Å². The Balaban J connectivity index is 1.71. The van der Waals surface area contributed by atoms with E-state index in [-0.39, 0.29) is 18.1 Å². The van der Waals surface area contributed by atoms with Gasteiger partial charge in [-0.1, -0.05) is 30.3 Å². The molecule has 1 amide bonds. The summed E-state index contributed by atoms with van der Waals surface area (Å²) in [7, 11) is 1.53. The van der Waals surface area contributed by atoms with Gasteiger partial charge in [0.25, 0.3) is 0 Å². The zero-order valence-corrected chi connectivity index (χ0v) is 15.1. The number of ketones is 1. The number of benzene rings is 2. The smallest absolute Gasteiger partial charge is 0.229 e. The van der Waals surface area contributed by atoms with Crippen molar-refractivity contribution >= 4 is 17.4 Å². The first-order valence-electron chi connectivity index (χ1n) is 8.42. The van der Waals surface area contributed by atoms with Crippen LogP contribution in [0.2, 0.25) is 0 Å². The fourth-order valence-electron chi connectivity index (χ4n) is 2.64. The lowest BCUT2D eigenvalue weighted by Crippen LogP contribution is -2.15. The lowest BCUT2D eigenvalue weighted by atomic mass is 10.0.